The third-order valence-electron chi connectivity index (χ3n) is 4.05. The molecule has 0 aliphatic carbocycles. The SMILES string of the molecule is CC(C)CC(C)(CN)NC(=O)CCc1cnn(-c2ccccc2)c1. The van der Waals surface area contributed by atoms with Gasteiger partial charge in [-0.2, -0.15) is 5.10 Å². The van der Waals surface area contributed by atoms with Gasteiger partial charge in [0, 0.05) is 24.7 Å². The van der Waals surface area contributed by atoms with Crippen LogP contribution in [0.15, 0.2) is 42.7 Å². The second-order valence-electron chi connectivity index (χ2n) is 7.04. The quantitative estimate of drug-likeness (QED) is 0.782. The summed E-state index contributed by atoms with van der Waals surface area (Å²) in [6.07, 6.45) is 5.77. The third kappa shape index (κ3) is 5.20. The summed E-state index contributed by atoms with van der Waals surface area (Å²) in [4.78, 5) is 12.3. The maximum Gasteiger partial charge on any atom is 0.220 e. The smallest absolute Gasteiger partial charge is 0.220 e. The summed E-state index contributed by atoms with van der Waals surface area (Å²) in [6, 6.07) is 9.94. The molecule has 1 amide bonds. The summed E-state index contributed by atoms with van der Waals surface area (Å²) in [5.74, 6) is 0.527. The maximum absolute atomic E-state index is 12.3. The van der Waals surface area contributed by atoms with Crippen LogP contribution in [-0.4, -0.2) is 27.8 Å². The van der Waals surface area contributed by atoms with E-state index in [2.05, 4.69) is 24.3 Å². The van der Waals surface area contributed by atoms with Gasteiger partial charge in [0.25, 0.3) is 0 Å². The minimum Gasteiger partial charge on any atom is -0.350 e. The van der Waals surface area contributed by atoms with Crippen LogP contribution in [0, 0.1) is 5.92 Å². The van der Waals surface area contributed by atoms with E-state index < -0.39 is 0 Å². The van der Waals surface area contributed by atoms with E-state index >= 15 is 0 Å². The molecule has 0 saturated carbocycles. The minimum absolute atomic E-state index is 0.0380. The first-order valence-electron chi connectivity index (χ1n) is 8.52. The lowest BCUT2D eigenvalue weighted by Crippen LogP contribution is -2.52. The Morgan fingerprint density at radius 3 is 2.67 bits per heavy atom. The highest BCUT2D eigenvalue weighted by atomic mass is 16.1. The van der Waals surface area contributed by atoms with Gasteiger partial charge in [0.2, 0.25) is 5.91 Å². The van der Waals surface area contributed by atoms with Crippen LogP contribution in [0.4, 0.5) is 0 Å². The summed E-state index contributed by atoms with van der Waals surface area (Å²) >= 11 is 0. The highest BCUT2D eigenvalue weighted by Crippen LogP contribution is 2.16. The molecule has 1 heterocycles. The van der Waals surface area contributed by atoms with Gasteiger partial charge in [-0.3, -0.25) is 4.79 Å². The fourth-order valence-electron chi connectivity index (χ4n) is 2.95. The number of aromatic nitrogens is 2. The summed E-state index contributed by atoms with van der Waals surface area (Å²) in [5, 5.41) is 7.45. The molecule has 5 nitrogen and oxygen atoms in total. The van der Waals surface area contributed by atoms with Crippen molar-refractivity contribution in [2.24, 2.45) is 11.7 Å². The topological polar surface area (TPSA) is 72.9 Å². The number of nitrogens with two attached hydrogens (primary N) is 1. The second kappa shape index (κ2) is 8.11. The summed E-state index contributed by atoms with van der Waals surface area (Å²) < 4.78 is 1.83. The summed E-state index contributed by atoms with van der Waals surface area (Å²) in [5.41, 5.74) is 7.58. The van der Waals surface area contributed by atoms with Gasteiger partial charge in [-0.1, -0.05) is 32.0 Å². The Balaban J connectivity index is 1.89. The zero-order valence-corrected chi connectivity index (χ0v) is 14.8. The average Bonchev–Trinajstić information content (AvgIpc) is 3.02. The number of nitrogens with zero attached hydrogens (tertiary/aromatic N) is 2. The monoisotopic (exact) mass is 328 g/mol. The van der Waals surface area contributed by atoms with Crippen molar-refractivity contribution in [3.63, 3.8) is 0 Å². The van der Waals surface area contributed by atoms with Gasteiger partial charge in [-0.25, -0.2) is 4.68 Å². The first-order chi connectivity index (χ1) is 11.4. The van der Waals surface area contributed by atoms with Crippen molar-refractivity contribution in [3.05, 3.63) is 48.3 Å². The Kier molecular flexibility index (Phi) is 6.15. The van der Waals surface area contributed by atoms with Crippen LogP contribution in [0.25, 0.3) is 5.69 Å². The van der Waals surface area contributed by atoms with E-state index in [4.69, 9.17) is 5.73 Å². The normalized spacial score (nSPS) is 13.7. The van der Waals surface area contributed by atoms with Crippen molar-refractivity contribution < 1.29 is 4.79 Å². The molecule has 2 aromatic rings. The molecule has 2 rings (SSSR count). The number of aryl methyl sites for hydroxylation is 1. The Morgan fingerprint density at radius 1 is 1.33 bits per heavy atom. The molecular formula is C19H28N4O. The maximum atomic E-state index is 12.3. The van der Waals surface area contributed by atoms with Crippen molar-refractivity contribution in [1.29, 1.82) is 0 Å². The molecule has 1 atom stereocenters. The number of hydrogen-bond donors (Lipinski definition) is 2. The molecule has 0 spiro atoms. The number of carbonyl (C=O) groups is 1. The number of para-hydroxylation sites is 1. The van der Waals surface area contributed by atoms with E-state index in [1.807, 2.05) is 54.3 Å². The number of rotatable bonds is 8. The Bertz CT molecular complexity index is 650. The molecule has 0 aliphatic heterocycles. The van der Waals surface area contributed by atoms with Crippen LogP contribution in [0.2, 0.25) is 0 Å². The predicted octanol–water partition coefficient (Wildman–Crippen LogP) is 2.68. The highest BCUT2D eigenvalue weighted by molar-refractivity contribution is 5.77. The number of hydrogen-bond acceptors (Lipinski definition) is 3. The molecule has 0 fully saturated rings. The first kappa shape index (κ1) is 18.2. The van der Waals surface area contributed by atoms with Gasteiger partial charge in [0.15, 0.2) is 0 Å². The van der Waals surface area contributed by atoms with E-state index in [0.717, 1.165) is 17.7 Å². The van der Waals surface area contributed by atoms with Crippen molar-refractivity contribution in [1.82, 2.24) is 15.1 Å². The molecule has 1 unspecified atom stereocenters. The first-order valence-corrected chi connectivity index (χ1v) is 8.52. The van der Waals surface area contributed by atoms with E-state index in [1.54, 1.807) is 0 Å². The molecule has 0 radical (unpaired) electrons. The standard InChI is InChI=1S/C19H28N4O/c1-15(2)11-19(3,14-20)22-18(24)10-9-16-12-21-23(13-16)17-7-5-4-6-8-17/h4-8,12-13,15H,9-11,14,20H2,1-3H3,(H,22,24). The second-order valence-corrected chi connectivity index (χ2v) is 7.04. The molecular weight excluding hydrogens is 300 g/mol. The van der Waals surface area contributed by atoms with Crippen LogP contribution in [-0.2, 0) is 11.2 Å². The molecule has 0 aliphatic rings. The minimum atomic E-state index is -0.334. The zero-order valence-electron chi connectivity index (χ0n) is 14.8. The molecule has 1 aromatic carbocycles. The Morgan fingerprint density at radius 2 is 2.04 bits per heavy atom. The Labute approximate surface area is 144 Å². The van der Waals surface area contributed by atoms with Crippen molar-refractivity contribution in [2.75, 3.05) is 6.54 Å². The lowest BCUT2D eigenvalue weighted by molar-refractivity contribution is -0.122. The zero-order chi connectivity index (χ0) is 17.6. The van der Waals surface area contributed by atoms with Gasteiger partial charge in [-0.15, -0.1) is 0 Å². The molecule has 0 saturated heterocycles. The van der Waals surface area contributed by atoms with Gasteiger partial charge >= 0.3 is 0 Å². The number of nitrogens with one attached hydrogen (secondary N) is 1. The van der Waals surface area contributed by atoms with Crippen molar-refractivity contribution in [2.45, 2.75) is 45.6 Å². The van der Waals surface area contributed by atoms with E-state index in [0.29, 0.717) is 25.3 Å². The molecule has 3 N–H and O–H groups in total. The molecule has 5 heteroatoms. The van der Waals surface area contributed by atoms with E-state index in [1.165, 1.54) is 0 Å². The van der Waals surface area contributed by atoms with E-state index in [9.17, 15) is 4.79 Å². The largest absolute Gasteiger partial charge is 0.350 e. The van der Waals surface area contributed by atoms with Crippen LogP contribution in [0.3, 0.4) is 0 Å². The lowest BCUT2D eigenvalue weighted by Gasteiger charge is -2.31. The van der Waals surface area contributed by atoms with Gasteiger partial charge in [-0.05, 0) is 43.4 Å². The summed E-state index contributed by atoms with van der Waals surface area (Å²) in [6.45, 7) is 6.73. The van der Waals surface area contributed by atoms with Gasteiger partial charge in [0.1, 0.15) is 0 Å². The average molecular weight is 328 g/mol. The van der Waals surface area contributed by atoms with Gasteiger partial charge in [0.05, 0.1) is 11.9 Å². The number of benzene rings is 1. The lowest BCUT2D eigenvalue weighted by atomic mass is 9.90. The molecule has 1 aromatic heterocycles. The third-order valence-corrected chi connectivity index (χ3v) is 4.05. The Hall–Kier alpha value is -2.14. The summed E-state index contributed by atoms with van der Waals surface area (Å²) in [7, 11) is 0. The van der Waals surface area contributed by atoms with Crippen molar-refractivity contribution >= 4 is 5.91 Å². The fraction of sp³-hybridized carbons (Fsp3) is 0.474. The van der Waals surface area contributed by atoms with Crippen LogP contribution < -0.4 is 11.1 Å². The molecule has 0 bridgehead atoms. The van der Waals surface area contributed by atoms with Crippen LogP contribution in [0.1, 0.15) is 39.2 Å². The number of amides is 1. The molecule has 130 valence electrons. The highest BCUT2D eigenvalue weighted by Gasteiger charge is 2.25. The van der Waals surface area contributed by atoms with Crippen LogP contribution in [0.5, 0.6) is 0 Å². The van der Waals surface area contributed by atoms with Gasteiger partial charge < -0.3 is 11.1 Å². The van der Waals surface area contributed by atoms with E-state index in [-0.39, 0.29) is 11.4 Å². The number of carbonyl (C=O) groups excluding carboxylic acids is 1. The fourth-order valence-corrected chi connectivity index (χ4v) is 2.95. The molecule has 24 heavy (non-hydrogen) atoms. The van der Waals surface area contributed by atoms with Crippen LogP contribution >= 0.6 is 0 Å². The van der Waals surface area contributed by atoms with Crippen molar-refractivity contribution in [3.8, 4) is 5.69 Å². The predicted molar refractivity (Wildman–Crippen MR) is 96.9 cm³/mol.